The van der Waals surface area contributed by atoms with E-state index in [1.165, 1.54) is 6.07 Å². The summed E-state index contributed by atoms with van der Waals surface area (Å²) in [5, 5.41) is 3.18. The minimum atomic E-state index is -0.735. The number of amides is 3. The molecule has 4 rings (SSSR count). The minimum Gasteiger partial charge on any atom is -0.369 e. The van der Waals surface area contributed by atoms with E-state index in [4.69, 9.17) is 17.3 Å². The van der Waals surface area contributed by atoms with Crippen LogP contribution in [0, 0.1) is 5.82 Å². The molecule has 0 aromatic heterocycles. The van der Waals surface area contributed by atoms with Gasteiger partial charge in [0.25, 0.3) is 0 Å². The number of rotatable bonds is 4. The third-order valence-corrected chi connectivity index (χ3v) is 6.79. The molecular weight excluding hydrogens is 419 g/mol. The van der Waals surface area contributed by atoms with E-state index >= 15 is 0 Å². The maximum absolute atomic E-state index is 13.8. The highest BCUT2D eigenvalue weighted by Gasteiger charge is 2.42. The lowest BCUT2D eigenvalue weighted by Gasteiger charge is -2.40. The summed E-state index contributed by atoms with van der Waals surface area (Å²) in [5.41, 5.74) is 6.71. The van der Waals surface area contributed by atoms with Gasteiger partial charge in [-0.05, 0) is 43.0 Å². The Balaban J connectivity index is 1.34. The van der Waals surface area contributed by atoms with Crippen LogP contribution in [-0.4, -0.2) is 49.1 Å². The molecule has 1 atom stereocenters. The van der Waals surface area contributed by atoms with Crippen molar-refractivity contribution in [1.82, 2.24) is 10.2 Å². The van der Waals surface area contributed by atoms with Crippen molar-refractivity contribution in [3.05, 3.63) is 64.9 Å². The topological polar surface area (TPSA) is 78.7 Å². The average Bonchev–Trinajstić information content (AvgIpc) is 3.24. The first-order chi connectivity index (χ1) is 14.9. The second-order valence-corrected chi connectivity index (χ2v) is 8.69. The minimum absolute atomic E-state index is 0.0248. The van der Waals surface area contributed by atoms with Crippen molar-refractivity contribution in [3.63, 3.8) is 0 Å². The zero-order valence-electron chi connectivity index (χ0n) is 17.2. The number of halogens is 2. The van der Waals surface area contributed by atoms with E-state index in [1.54, 1.807) is 17.0 Å². The Bertz CT molecular complexity index is 963. The van der Waals surface area contributed by atoms with Crippen LogP contribution in [0.4, 0.5) is 14.9 Å². The Labute approximate surface area is 186 Å². The van der Waals surface area contributed by atoms with Gasteiger partial charge in [-0.3, -0.25) is 4.79 Å². The Hall–Kier alpha value is -2.80. The van der Waals surface area contributed by atoms with Crippen LogP contribution in [0.3, 0.4) is 0 Å². The van der Waals surface area contributed by atoms with Crippen molar-refractivity contribution in [1.29, 1.82) is 0 Å². The summed E-state index contributed by atoms with van der Waals surface area (Å²) in [5.74, 6) is -0.795. The number of hydrogen-bond acceptors (Lipinski definition) is 3. The largest absolute Gasteiger partial charge is 0.369 e. The Morgan fingerprint density at radius 3 is 2.45 bits per heavy atom. The van der Waals surface area contributed by atoms with Gasteiger partial charge in [0.1, 0.15) is 5.82 Å². The van der Waals surface area contributed by atoms with Gasteiger partial charge >= 0.3 is 6.03 Å². The lowest BCUT2D eigenvalue weighted by molar-refractivity contribution is -0.125. The summed E-state index contributed by atoms with van der Waals surface area (Å²) >= 11 is 5.76. The molecule has 164 valence electrons. The molecule has 31 heavy (non-hydrogen) atoms. The Morgan fingerprint density at radius 1 is 1.10 bits per heavy atom. The standard InChI is InChI=1S/C23H26ClFN4O2/c24-19-7-6-18(14-20(19)25)29-11-8-17(15-29)27-22(31)28-12-9-23(10-13-28,21(26)30)16-4-2-1-3-5-16/h1-7,14,17H,8-13,15H2,(H2,26,30)(H,27,31). The second kappa shape index (κ2) is 8.75. The number of nitrogens with zero attached hydrogens (tertiary/aromatic N) is 2. The molecule has 2 aromatic carbocycles. The van der Waals surface area contributed by atoms with Crippen LogP contribution < -0.4 is 16.0 Å². The van der Waals surface area contributed by atoms with Crippen molar-refractivity contribution in [2.75, 3.05) is 31.1 Å². The number of carbonyl (C=O) groups is 2. The maximum atomic E-state index is 13.8. The molecule has 0 radical (unpaired) electrons. The number of carbonyl (C=O) groups excluding carboxylic acids is 2. The third-order valence-electron chi connectivity index (χ3n) is 6.49. The van der Waals surface area contributed by atoms with Crippen LogP contribution in [-0.2, 0) is 10.2 Å². The van der Waals surface area contributed by atoms with Crippen molar-refractivity contribution in [3.8, 4) is 0 Å². The molecule has 3 amide bonds. The normalized spacial score (nSPS) is 20.5. The van der Waals surface area contributed by atoms with E-state index in [1.807, 2.05) is 35.2 Å². The molecule has 0 spiro atoms. The van der Waals surface area contributed by atoms with Crippen molar-refractivity contribution in [2.24, 2.45) is 5.73 Å². The molecule has 2 aliphatic heterocycles. The number of anilines is 1. The number of urea groups is 1. The van der Waals surface area contributed by atoms with Gasteiger partial charge in [0.2, 0.25) is 5.91 Å². The van der Waals surface area contributed by atoms with Gasteiger partial charge in [0.05, 0.1) is 10.4 Å². The molecule has 3 N–H and O–H groups in total. The molecule has 0 aliphatic carbocycles. The molecule has 1 unspecified atom stereocenters. The molecule has 0 bridgehead atoms. The molecule has 2 aromatic rings. The fourth-order valence-corrected chi connectivity index (χ4v) is 4.70. The van der Waals surface area contributed by atoms with E-state index in [9.17, 15) is 14.0 Å². The highest BCUT2D eigenvalue weighted by molar-refractivity contribution is 6.30. The smallest absolute Gasteiger partial charge is 0.317 e. The van der Waals surface area contributed by atoms with Crippen LogP contribution in [0.25, 0.3) is 0 Å². The van der Waals surface area contributed by atoms with E-state index in [0.29, 0.717) is 32.5 Å². The van der Waals surface area contributed by atoms with E-state index in [2.05, 4.69) is 5.32 Å². The molecule has 2 aliphatic rings. The first-order valence-electron chi connectivity index (χ1n) is 10.5. The lowest BCUT2D eigenvalue weighted by atomic mass is 9.72. The fraction of sp³-hybridized carbons (Fsp3) is 0.391. The highest BCUT2D eigenvalue weighted by atomic mass is 35.5. The van der Waals surface area contributed by atoms with Crippen LogP contribution in [0.15, 0.2) is 48.5 Å². The summed E-state index contributed by atoms with van der Waals surface area (Å²) < 4.78 is 13.8. The van der Waals surface area contributed by atoms with E-state index in [-0.39, 0.29) is 23.0 Å². The van der Waals surface area contributed by atoms with Crippen LogP contribution in [0.1, 0.15) is 24.8 Å². The molecule has 0 saturated carbocycles. The molecule has 2 saturated heterocycles. The number of primary amides is 1. The van der Waals surface area contributed by atoms with Gasteiger partial charge in [-0.1, -0.05) is 41.9 Å². The summed E-state index contributed by atoms with van der Waals surface area (Å²) in [4.78, 5) is 28.9. The molecule has 8 heteroatoms. The predicted octanol–water partition coefficient (Wildman–Crippen LogP) is 3.29. The van der Waals surface area contributed by atoms with Gasteiger partial charge < -0.3 is 20.9 Å². The SMILES string of the molecule is NC(=O)C1(c2ccccc2)CCN(C(=O)NC2CCN(c3ccc(Cl)c(F)c3)C2)CC1. The predicted molar refractivity (Wildman–Crippen MR) is 119 cm³/mol. The number of hydrogen-bond donors (Lipinski definition) is 2. The molecule has 6 nitrogen and oxygen atoms in total. The van der Waals surface area contributed by atoms with Crippen molar-refractivity contribution >= 4 is 29.2 Å². The van der Waals surface area contributed by atoms with Crippen LogP contribution in [0.5, 0.6) is 0 Å². The Kier molecular flexibility index (Phi) is 6.05. The quantitative estimate of drug-likeness (QED) is 0.759. The highest BCUT2D eigenvalue weighted by Crippen LogP contribution is 2.35. The molecular formula is C23H26ClFN4O2. The first-order valence-corrected chi connectivity index (χ1v) is 10.9. The number of nitrogens with one attached hydrogen (secondary N) is 1. The van der Waals surface area contributed by atoms with Gasteiger partial charge in [-0.2, -0.15) is 0 Å². The van der Waals surface area contributed by atoms with E-state index in [0.717, 1.165) is 24.2 Å². The van der Waals surface area contributed by atoms with E-state index < -0.39 is 11.2 Å². The second-order valence-electron chi connectivity index (χ2n) is 8.28. The number of benzene rings is 2. The van der Waals surface area contributed by atoms with Gasteiger partial charge in [-0.25, -0.2) is 9.18 Å². The number of nitrogens with two attached hydrogens (primary N) is 1. The van der Waals surface area contributed by atoms with Crippen LogP contribution >= 0.6 is 11.6 Å². The van der Waals surface area contributed by atoms with Crippen molar-refractivity contribution < 1.29 is 14.0 Å². The summed E-state index contributed by atoms with van der Waals surface area (Å²) in [6.07, 6.45) is 1.78. The molecule has 2 heterocycles. The monoisotopic (exact) mass is 444 g/mol. The fourth-order valence-electron chi connectivity index (χ4n) is 4.59. The number of likely N-dealkylation sites (tertiary alicyclic amines) is 1. The lowest BCUT2D eigenvalue weighted by Crippen LogP contribution is -2.54. The zero-order chi connectivity index (χ0) is 22.0. The zero-order valence-corrected chi connectivity index (χ0v) is 17.9. The van der Waals surface area contributed by atoms with Crippen LogP contribution in [0.2, 0.25) is 5.02 Å². The van der Waals surface area contributed by atoms with Crippen molar-refractivity contribution in [2.45, 2.75) is 30.7 Å². The summed E-state index contributed by atoms with van der Waals surface area (Å²) in [6, 6.07) is 14.1. The van der Waals surface area contributed by atoms with Gasteiger partial charge in [-0.15, -0.1) is 0 Å². The number of piperidine rings is 1. The third kappa shape index (κ3) is 4.32. The first kappa shape index (κ1) is 21.4. The van der Waals surface area contributed by atoms with Gasteiger partial charge in [0.15, 0.2) is 0 Å². The average molecular weight is 445 g/mol. The Morgan fingerprint density at radius 2 is 1.81 bits per heavy atom. The summed E-state index contributed by atoms with van der Waals surface area (Å²) in [6.45, 7) is 2.26. The van der Waals surface area contributed by atoms with Gasteiger partial charge in [0, 0.05) is 37.9 Å². The summed E-state index contributed by atoms with van der Waals surface area (Å²) in [7, 11) is 0. The maximum Gasteiger partial charge on any atom is 0.317 e. The molecule has 2 fully saturated rings.